The first-order chi connectivity index (χ1) is 47.9. The van der Waals surface area contributed by atoms with E-state index in [2.05, 4.69) is 27.8 Å². The summed E-state index contributed by atoms with van der Waals surface area (Å²) in [6, 6.07) is 0.222. The molecule has 3 rings (SSSR count). The molecular formula is C64H103N5O29S. The average Bonchev–Trinajstić information content (AvgIpc) is 1.64. The molecule has 0 spiro atoms. The number of nitrogens with zero attached hydrogens (tertiary/aromatic N) is 2. The number of benzene rings is 1. The number of rotatable bonds is 63. The van der Waals surface area contributed by atoms with Crippen LogP contribution in [-0.2, 0) is 136 Å². The molecule has 2 aliphatic rings. The van der Waals surface area contributed by atoms with Crippen LogP contribution in [0.4, 0.5) is 5.69 Å². The number of carbonyl (C=O) groups excluding carboxylic acids is 7. The Morgan fingerprint density at radius 2 is 0.990 bits per heavy atom. The summed E-state index contributed by atoms with van der Waals surface area (Å²) in [5.74, 6) is -0.268. The third-order valence-electron chi connectivity index (χ3n) is 13.6. The molecule has 99 heavy (non-hydrogen) atoms. The van der Waals surface area contributed by atoms with E-state index in [1.807, 2.05) is 0 Å². The van der Waals surface area contributed by atoms with Gasteiger partial charge >= 0.3 is 5.97 Å². The van der Waals surface area contributed by atoms with Crippen molar-refractivity contribution in [3.05, 3.63) is 41.5 Å². The third kappa shape index (κ3) is 42.9. The standard InChI is InChI=1S/C64H103N5O29S/c1-50(2)61(67-58(72)46-68-56(48-95-42-43-99(78,79)80)45-57(64(68)77)69-59(73)9-10-60(69)74)63(76)65-51(3)62(75)66-55-8-7-54(47-98-52(4)71)53(44-55)6-5-12-81-14-16-83-18-20-85-22-23-87-24-25-88-26-27-89-28-29-90-31-33-92-35-37-94-39-41-97-49-96-40-38-93-36-34-91-32-30-86-21-19-84-17-15-82-13-11-70/h7-10,44,50-51,56-57,61,70H,11-43,45-49H2,1-4H3,(H,65,76)(H,66,75)(H,67,72)(H,78,79,80)/t51-,56-,57-,61-/m0/s1. The van der Waals surface area contributed by atoms with Gasteiger partial charge in [-0.15, -0.1) is 0 Å². The van der Waals surface area contributed by atoms with Crippen LogP contribution in [0.15, 0.2) is 30.4 Å². The second-order valence-electron chi connectivity index (χ2n) is 21.7. The zero-order chi connectivity index (χ0) is 72.0. The van der Waals surface area contributed by atoms with E-state index in [9.17, 15) is 42.0 Å². The first-order valence-electron chi connectivity index (χ1n) is 32.8. The monoisotopic (exact) mass is 1440 g/mol. The second-order valence-corrected chi connectivity index (χ2v) is 23.3. The Morgan fingerprint density at radius 3 is 1.40 bits per heavy atom. The first kappa shape index (κ1) is 87.4. The fourth-order valence-electron chi connectivity index (χ4n) is 8.62. The summed E-state index contributed by atoms with van der Waals surface area (Å²) in [6.07, 6.45) is 1.87. The van der Waals surface area contributed by atoms with Crippen LogP contribution in [0.3, 0.4) is 0 Å². The van der Waals surface area contributed by atoms with Gasteiger partial charge in [0.1, 0.15) is 38.1 Å². The van der Waals surface area contributed by atoms with E-state index in [0.717, 1.165) is 22.0 Å². The second kappa shape index (κ2) is 55.8. The Balaban J connectivity index is 1.15. The molecule has 1 fully saturated rings. The van der Waals surface area contributed by atoms with Gasteiger partial charge < -0.3 is 111 Å². The Kier molecular flexibility index (Phi) is 49.3. The Labute approximate surface area is 579 Å². The normalized spacial score (nSPS) is 15.2. The minimum atomic E-state index is -4.37. The highest BCUT2D eigenvalue weighted by molar-refractivity contribution is 7.85. The number of carbonyl (C=O) groups is 7. The molecule has 1 aromatic carbocycles. The highest BCUT2D eigenvalue weighted by atomic mass is 32.2. The Hall–Kier alpha value is -5.80. The van der Waals surface area contributed by atoms with E-state index < -0.39 is 101 Å². The van der Waals surface area contributed by atoms with Gasteiger partial charge in [-0.05, 0) is 25.0 Å². The summed E-state index contributed by atoms with van der Waals surface area (Å²) in [5.41, 5.74) is 1.27. The lowest BCUT2D eigenvalue weighted by atomic mass is 10.0. The molecule has 0 radical (unpaired) electrons. The fraction of sp³-hybridized carbons (Fsp3) is 0.734. The number of ether oxygens (including phenoxy) is 18. The molecule has 0 bridgehead atoms. The zero-order valence-electron chi connectivity index (χ0n) is 57.4. The lowest BCUT2D eigenvalue weighted by Gasteiger charge is -2.27. The molecule has 6 amide bonds. The van der Waals surface area contributed by atoms with Gasteiger partial charge in [0.15, 0.2) is 0 Å². The number of likely N-dealkylation sites (tertiary alicyclic amines) is 1. The molecule has 35 heteroatoms. The van der Waals surface area contributed by atoms with Crippen LogP contribution in [0.2, 0.25) is 0 Å². The number of imide groups is 1. The van der Waals surface area contributed by atoms with Crippen LogP contribution in [0.1, 0.15) is 45.2 Å². The molecule has 4 atom stereocenters. The number of hydrogen-bond acceptors (Lipinski definition) is 28. The summed E-state index contributed by atoms with van der Waals surface area (Å²) in [5, 5.41) is 16.5. The Bertz CT molecular complexity index is 2630. The van der Waals surface area contributed by atoms with Gasteiger partial charge in [-0.3, -0.25) is 43.0 Å². The zero-order valence-corrected chi connectivity index (χ0v) is 58.2. The summed E-state index contributed by atoms with van der Waals surface area (Å²) < 4.78 is 129. The van der Waals surface area contributed by atoms with Crippen molar-refractivity contribution in [1.29, 1.82) is 0 Å². The molecule has 564 valence electrons. The van der Waals surface area contributed by atoms with E-state index in [1.165, 1.54) is 13.8 Å². The molecule has 1 aromatic rings. The molecular weight excluding hydrogens is 1330 g/mol. The van der Waals surface area contributed by atoms with Gasteiger partial charge in [0, 0.05) is 42.3 Å². The number of anilines is 1. The molecule has 0 unspecified atom stereocenters. The van der Waals surface area contributed by atoms with Gasteiger partial charge in [0.2, 0.25) is 23.6 Å². The smallest absolute Gasteiger partial charge is 0.302 e. The van der Waals surface area contributed by atoms with E-state index in [4.69, 9.17) is 94.9 Å². The van der Waals surface area contributed by atoms with Gasteiger partial charge in [-0.25, -0.2) is 0 Å². The first-order valence-corrected chi connectivity index (χ1v) is 34.4. The van der Waals surface area contributed by atoms with E-state index >= 15 is 0 Å². The van der Waals surface area contributed by atoms with E-state index in [-0.39, 0.29) is 52.9 Å². The third-order valence-corrected chi connectivity index (χ3v) is 14.3. The quantitative estimate of drug-likeness (QED) is 0.0126. The minimum Gasteiger partial charge on any atom is -0.461 e. The van der Waals surface area contributed by atoms with Crippen LogP contribution in [0.5, 0.6) is 0 Å². The maximum absolute atomic E-state index is 13.6. The van der Waals surface area contributed by atoms with Crippen molar-refractivity contribution < 1.29 is 137 Å². The SMILES string of the molecule is CC(=O)OCc1ccc(NC(=O)[C@H](C)NC(=O)[C@@H](NC(=O)CN2C(=O)[C@@H](N3C(=O)C=CC3=O)C[C@H]2COCCS(=O)(=O)O)C(C)C)cc1C#CCOCCOCCOCCOCCOCCOCCOCCOCCOCCOCOCCOCCOCCOCCOCCOCCO. The van der Waals surface area contributed by atoms with Gasteiger partial charge in [-0.2, -0.15) is 8.42 Å². The summed E-state index contributed by atoms with van der Waals surface area (Å²) in [7, 11) is -4.37. The number of hydrogen-bond donors (Lipinski definition) is 5. The van der Waals surface area contributed by atoms with E-state index in [1.54, 1.807) is 32.0 Å². The summed E-state index contributed by atoms with van der Waals surface area (Å²) >= 11 is 0. The van der Waals surface area contributed by atoms with Crippen molar-refractivity contribution in [2.45, 2.75) is 64.9 Å². The number of nitrogens with one attached hydrogen (secondary N) is 3. The van der Waals surface area contributed by atoms with Crippen molar-refractivity contribution in [3.8, 4) is 11.8 Å². The fourth-order valence-corrected chi connectivity index (χ4v) is 8.95. The topological polar surface area (TPSA) is 403 Å². The van der Waals surface area contributed by atoms with Crippen LogP contribution in [-0.4, -0.2) is 331 Å². The number of amides is 6. The predicted molar refractivity (Wildman–Crippen MR) is 349 cm³/mol. The van der Waals surface area contributed by atoms with Crippen molar-refractivity contribution in [1.82, 2.24) is 20.4 Å². The van der Waals surface area contributed by atoms with Gasteiger partial charge in [-0.1, -0.05) is 31.8 Å². The number of esters is 1. The van der Waals surface area contributed by atoms with Gasteiger partial charge in [0.05, 0.1) is 230 Å². The molecule has 0 saturated carbocycles. The maximum atomic E-state index is 13.6. The van der Waals surface area contributed by atoms with Crippen LogP contribution in [0, 0.1) is 17.8 Å². The highest BCUT2D eigenvalue weighted by Crippen LogP contribution is 2.27. The molecule has 1 saturated heterocycles. The summed E-state index contributed by atoms with van der Waals surface area (Å²) in [6.45, 7) is 16.6. The highest BCUT2D eigenvalue weighted by Gasteiger charge is 2.47. The van der Waals surface area contributed by atoms with Crippen LogP contribution >= 0.6 is 0 Å². The molecule has 0 aromatic heterocycles. The molecule has 2 aliphatic heterocycles. The predicted octanol–water partition coefficient (Wildman–Crippen LogP) is -1.30. The van der Waals surface area contributed by atoms with E-state index in [0.29, 0.717) is 195 Å². The summed E-state index contributed by atoms with van der Waals surface area (Å²) in [4.78, 5) is 92.5. The van der Waals surface area contributed by atoms with Crippen molar-refractivity contribution >= 4 is 57.2 Å². The minimum absolute atomic E-state index is 0.00338. The lowest BCUT2D eigenvalue weighted by molar-refractivity contribution is -0.147. The lowest BCUT2D eigenvalue weighted by Crippen LogP contribution is -2.56. The molecule has 34 nitrogen and oxygen atoms in total. The van der Waals surface area contributed by atoms with Crippen molar-refractivity contribution in [2.24, 2.45) is 5.92 Å². The Morgan fingerprint density at radius 1 is 0.566 bits per heavy atom. The largest absolute Gasteiger partial charge is 0.461 e. The molecule has 0 aliphatic carbocycles. The number of aliphatic hydroxyl groups is 1. The van der Waals surface area contributed by atoms with Crippen LogP contribution < -0.4 is 16.0 Å². The van der Waals surface area contributed by atoms with Crippen molar-refractivity contribution in [2.75, 3.05) is 242 Å². The number of aliphatic hydroxyl groups excluding tert-OH is 1. The molecule has 2 heterocycles. The molecule has 5 N–H and O–H groups in total. The maximum Gasteiger partial charge on any atom is 0.302 e. The van der Waals surface area contributed by atoms with Gasteiger partial charge in [0.25, 0.3) is 21.9 Å². The van der Waals surface area contributed by atoms with Crippen molar-refractivity contribution in [3.63, 3.8) is 0 Å². The van der Waals surface area contributed by atoms with Crippen LogP contribution in [0.25, 0.3) is 0 Å². The average molecular weight is 1440 g/mol.